The van der Waals surface area contributed by atoms with Crippen LogP contribution in [0.2, 0.25) is 0 Å². The van der Waals surface area contributed by atoms with Crippen molar-refractivity contribution in [3.63, 3.8) is 0 Å². The van der Waals surface area contributed by atoms with Crippen molar-refractivity contribution in [2.45, 2.75) is 62.3 Å². The zero-order chi connectivity index (χ0) is 12.3. The lowest BCUT2D eigenvalue weighted by Crippen LogP contribution is -2.09. The topological polar surface area (TPSA) is 38.9 Å². The number of pyridine rings is 1. The molecule has 0 aliphatic heterocycles. The summed E-state index contributed by atoms with van der Waals surface area (Å²) in [5, 5.41) is 1.97. The SMILES string of the molecule is Cc1cc(C(C)N)cnc1SC1CCCCC1. The van der Waals surface area contributed by atoms with E-state index in [1.165, 1.54) is 42.7 Å². The predicted octanol–water partition coefficient (Wildman–Crippen LogP) is 3.83. The van der Waals surface area contributed by atoms with Crippen LogP contribution in [0, 0.1) is 6.92 Å². The van der Waals surface area contributed by atoms with Gasteiger partial charge in [-0.05, 0) is 37.8 Å². The van der Waals surface area contributed by atoms with Crippen LogP contribution in [0.25, 0.3) is 0 Å². The first kappa shape index (κ1) is 12.9. The normalized spacial score (nSPS) is 19.2. The lowest BCUT2D eigenvalue weighted by molar-refractivity contribution is 0.515. The molecule has 1 saturated carbocycles. The Morgan fingerprint density at radius 1 is 1.35 bits per heavy atom. The number of nitrogens with two attached hydrogens (primary N) is 1. The number of aryl methyl sites for hydroxylation is 1. The summed E-state index contributed by atoms with van der Waals surface area (Å²) in [5.41, 5.74) is 8.28. The van der Waals surface area contributed by atoms with E-state index in [2.05, 4.69) is 18.0 Å². The summed E-state index contributed by atoms with van der Waals surface area (Å²) in [7, 11) is 0. The van der Waals surface area contributed by atoms with E-state index in [1.807, 2.05) is 24.9 Å². The highest BCUT2D eigenvalue weighted by atomic mass is 32.2. The van der Waals surface area contributed by atoms with E-state index < -0.39 is 0 Å². The van der Waals surface area contributed by atoms with Crippen LogP contribution in [0.1, 0.15) is 56.2 Å². The Morgan fingerprint density at radius 2 is 2.06 bits per heavy atom. The van der Waals surface area contributed by atoms with Gasteiger partial charge in [-0.15, -0.1) is 11.8 Å². The molecule has 0 aromatic carbocycles. The molecule has 17 heavy (non-hydrogen) atoms. The van der Waals surface area contributed by atoms with Crippen LogP contribution in [0.3, 0.4) is 0 Å². The van der Waals surface area contributed by atoms with E-state index in [9.17, 15) is 0 Å². The van der Waals surface area contributed by atoms with Crippen LogP contribution in [0.5, 0.6) is 0 Å². The van der Waals surface area contributed by atoms with Crippen LogP contribution in [-0.2, 0) is 0 Å². The van der Waals surface area contributed by atoms with Gasteiger partial charge in [0, 0.05) is 17.5 Å². The van der Waals surface area contributed by atoms with Gasteiger partial charge >= 0.3 is 0 Å². The molecule has 0 spiro atoms. The van der Waals surface area contributed by atoms with Gasteiger partial charge in [-0.2, -0.15) is 0 Å². The molecule has 0 radical (unpaired) electrons. The van der Waals surface area contributed by atoms with Crippen LogP contribution in [-0.4, -0.2) is 10.2 Å². The van der Waals surface area contributed by atoms with Gasteiger partial charge in [0.05, 0.1) is 5.03 Å². The first-order valence-electron chi connectivity index (χ1n) is 6.55. The molecule has 0 amide bonds. The molecule has 2 rings (SSSR count). The van der Waals surface area contributed by atoms with E-state index in [0.29, 0.717) is 0 Å². The van der Waals surface area contributed by atoms with Crippen LogP contribution in [0.4, 0.5) is 0 Å². The molecule has 2 nitrogen and oxygen atoms in total. The molecule has 1 aliphatic carbocycles. The van der Waals surface area contributed by atoms with Gasteiger partial charge in [-0.1, -0.05) is 25.3 Å². The fourth-order valence-corrected chi connectivity index (χ4v) is 3.54. The van der Waals surface area contributed by atoms with Crippen molar-refractivity contribution >= 4 is 11.8 Å². The van der Waals surface area contributed by atoms with Gasteiger partial charge < -0.3 is 5.73 Å². The molecule has 3 heteroatoms. The number of rotatable bonds is 3. The summed E-state index contributed by atoms with van der Waals surface area (Å²) in [6, 6.07) is 2.26. The zero-order valence-electron chi connectivity index (χ0n) is 10.8. The third-order valence-electron chi connectivity index (χ3n) is 3.41. The van der Waals surface area contributed by atoms with Crippen molar-refractivity contribution in [2.24, 2.45) is 5.73 Å². The number of hydrogen-bond donors (Lipinski definition) is 1. The number of nitrogens with zero attached hydrogens (tertiary/aromatic N) is 1. The summed E-state index contributed by atoms with van der Waals surface area (Å²) in [5.74, 6) is 0. The van der Waals surface area contributed by atoms with Gasteiger partial charge in [-0.3, -0.25) is 0 Å². The highest BCUT2D eigenvalue weighted by Gasteiger charge is 2.16. The van der Waals surface area contributed by atoms with Gasteiger partial charge in [-0.25, -0.2) is 4.98 Å². The third kappa shape index (κ3) is 3.46. The molecule has 1 aromatic rings. The van der Waals surface area contributed by atoms with Crippen molar-refractivity contribution in [3.05, 3.63) is 23.4 Å². The zero-order valence-corrected chi connectivity index (χ0v) is 11.6. The van der Waals surface area contributed by atoms with E-state index in [4.69, 9.17) is 5.73 Å². The van der Waals surface area contributed by atoms with Gasteiger partial charge in [0.2, 0.25) is 0 Å². The molecule has 1 aliphatic rings. The Kier molecular flexibility index (Phi) is 4.46. The van der Waals surface area contributed by atoms with E-state index in [-0.39, 0.29) is 6.04 Å². The number of thioether (sulfide) groups is 1. The molecule has 1 heterocycles. The Morgan fingerprint density at radius 3 is 2.65 bits per heavy atom. The standard InChI is InChI=1S/C14H22N2S/c1-10-8-12(11(2)15)9-16-14(10)17-13-6-4-3-5-7-13/h8-9,11,13H,3-7,15H2,1-2H3. The maximum absolute atomic E-state index is 5.87. The molecule has 94 valence electrons. The van der Waals surface area contributed by atoms with Crippen LogP contribution in [0.15, 0.2) is 17.3 Å². The van der Waals surface area contributed by atoms with E-state index >= 15 is 0 Å². The highest BCUT2D eigenvalue weighted by molar-refractivity contribution is 7.99. The van der Waals surface area contributed by atoms with Gasteiger partial charge in [0.15, 0.2) is 0 Å². The number of hydrogen-bond acceptors (Lipinski definition) is 3. The van der Waals surface area contributed by atoms with Gasteiger partial charge in [0.1, 0.15) is 0 Å². The summed E-state index contributed by atoms with van der Waals surface area (Å²) >= 11 is 1.96. The molecule has 1 fully saturated rings. The maximum Gasteiger partial charge on any atom is 0.0991 e. The van der Waals surface area contributed by atoms with Crippen LogP contribution >= 0.6 is 11.8 Å². The molecule has 1 atom stereocenters. The van der Waals surface area contributed by atoms with Crippen molar-refractivity contribution in [1.29, 1.82) is 0 Å². The first-order valence-corrected chi connectivity index (χ1v) is 7.43. The second-order valence-corrected chi connectivity index (χ2v) is 6.35. The minimum absolute atomic E-state index is 0.0786. The van der Waals surface area contributed by atoms with Crippen molar-refractivity contribution in [1.82, 2.24) is 4.98 Å². The summed E-state index contributed by atoms with van der Waals surface area (Å²) in [4.78, 5) is 4.58. The molecule has 2 N–H and O–H groups in total. The van der Waals surface area contributed by atoms with Crippen molar-refractivity contribution in [3.8, 4) is 0 Å². The Labute approximate surface area is 108 Å². The van der Waals surface area contributed by atoms with E-state index in [1.54, 1.807) is 0 Å². The molecule has 0 bridgehead atoms. The third-order valence-corrected chi connectivity index (χ3v) is 4.86. The minimum atomic E-state index is 0.0786. The summed E-state index contributed by atoms with van der Waals surface area (Å²) < 4.78 is 0. The van der Waals surface area contributed by atoms with Crippen LogP contribution < -0.4 is 5.73 Å². The molecule has 1 aromatic heterocycles. The lowest BCUT2D eigenvalue weighted by atomic mass is 10.0. The summed E-state index contributed by atoms with van der Waals surface area (Å²) in [6.45, 7) is 4.15. The molecular formula is C14H22N2S. The lowest BCUT2D eigenvalue weighted by Gasteiger charge is -2.21. The maximum atomic E-state index is 5.87. The molecule has 1 unspecified atom stereocenters. The fourth-order valence-electron chi connectivity index (χ4n) is 2.30. The van der Waals surface area contributed by atoms with Crippen molar-refractivity contribution in [2.75, 3.05) is 0 Å². The monoisotopic (exact) mass is 250 g/mol. The predicted molar refractivity (Wildman–Crippen MR) is 74.3 cm³/mol. The fraction of sp³-hybridized carbons (Fsp3) is 0.643. The minimum Gasteiger partial charge on any atom is -0.324 e. The molecule has 0 saturated heterocycles. The quantitative estimate of drug-likeness (QED) is 0.886. The smallest absolute Gasteiger partial charge is 0.0991 e. The second kappa shape index (κ2) is 5.87. The van der Waals surface area contributed by atoms with Gasteiger partial charge in [0.25, 0.3) is 0 Å². The Bertz CT molecular complexity index is 370. The second-order valence-electron chi connectivity index (χ2n) is 5.06. The molecular weight excluding hydrogens is 228 g/mol. The largest absolute Gasteiger partial charge is 0.324 e. The Hall–Kier alpha value is -0.540. The first-order chi connectivity index (χ1) is 8.16. The van der Waals surface area contributed by atoms with Crippen molar-refractivity contribution < 1.29 is 0 Å². The average Bonchev–Trinajstić information content (AvgIpc) is 2.33. The van der Waals surface area contributed by atoms with E-state index in [0.717, 1.165) is 10.8 Å². The summed E-state index contributed by atoms with van der Waals surface area (Å²) in [6.07, 6.45) is 8.81. The highest BCUT2D eigenvalue weighted by Crippen LogP contribution is 2.34. The number of aromatic nitrogens is 1. The average molecular weight is 250 g/mol. The Balaban J connectivity index is 2.05.